The molecule has 2 fully saturated rings. The number of piperidine rings is 1. The summed E-state index contributed by atoms with van der Waals surface area (Å²) in [4.78, 5) is 14.3. The summed E-state index contributed by atoms with van der Waals surface area (Å²) in [7, 11) is -3.48. The van der Waals surface area contributed by atoms with Gasteiger partial charge in [0.1, 0.15) is 0 Å². The van der Waals surface area contributed by atoms with Gasteiger partial charge in [-0.15, -0.1) is 0 Å². The Bertz CT molecular complexity index is 747. The summed E-state index contributed by atoms with van der Waals surface area (Å²) in [6.45, 7) is 3.90. The minimum atomic E-state index is -3.48. The molecule has 0 saturated carbocycles. The molecule has 1 amide bonds. The fourth-order valence-corrected chi connectivity index (χ4v) is 4.25. The zero-order valence-electron chi connectivity index (χ0n) is 14.2. The van der Waals surface area contributed by atoms with E-state index in [4.69, 9.17) is 4.74 Å². The smallest absolute Gasteiger partial charge is 0.263 e. The second-order valence-corrected chi connectivity index (χ2v) is 8.68. The Labute approximate surface area is 147 Å². The third-order valence-corrected chi connectivity index (χ3v) is 6.58. The summed E-state index contributed by atoms with van der Waals surface area (Å²) < 4.78 is 43.4. The number of likely N-dealkylation sites (tertiary alicyclic amines) is 1. The second kappa shape index (κ2) is 7.29. The minimum absolute atomic E-state index is 0.0751. The van der Waals surface area contributed by atoms with Crippen molar-refractivity contribution in [1.29, 1.82) is 0 Å². The number of carbonyl (C=O) groups is 1. The van der Waals surface area contributed by atoms with Gasteiger partial charge >= 0.3 is 0 Å². The predicted molar refractivity (Wildman–Crippen MR) is 90.8 cm³/mol. The van der Waals surface area contributed by atoms with Crippen molar-refractivity contribution in [1.82, 2.24) is 10.2 Å². The van der Waals surface area contributed by atoms with Gasteiger partial charge < -0.3 is 15.0 Å². The first-order chi connectivity index (χ1) is 11.9. The van der Waals surface area contributed by atoms with Crippen molar-refractivity contribution in [3.8, 4) is 5.75 Å². The third kappa shape index (κ3) is 3.79. The van der Waals surface area contributed by atoms with Gasteiger partial charge in [0.05, 0.1) is 10.6 Å². The second-order valence-electron chi connectivity index (χ2n) is 6.40. The summed E-state index contributed by atoms with van der Waals surface area (Å²) in [6, 6.07) is 3.78. The first-order valence-electron chi connectivity index (χ1n) is 8.62. The number of sulfone groups is 1. The first kappa shape index (κ1) is 18.1. The van der Waals surface area contributed by atoms with Crippen LogP contribution in [0.2, 0.25) is 0 Å². The topological polar surface area (TPSA) is 75.7 Å². The van der Waals surface area contributed by atoms with Crippen molar-refractivity contribution in [3.05, 3.63) is 24.0 Å². The summed E-state index contributed by atoms with van der Waals surface area (Å²) >= 11 is 0. The van der Waals surface area contributed by atoms with Crippen molar-refractivity contribution in [2.45, 2.75) is 43.2 Å². The van der Waals surface area contributed by atoms with Crippen LogP contribution in [-0.4, -0.2) is 56.8 Å². The quantitative estimate of drug-likeness (QED) is 0.847. The molecule has 0 radical (unpaired) electrons. The molecule has 1 N–H and O–H groups in total. The highest BCUT2D eigenvalue weighted by atomic mass is 32.2. The zero-order chi connectivity index (χ0) is 18.0. The molecule has 1 aromatic carbocycles. The number of nitrogens with zero attached hydrogens (tertiary/aromatic N) is 1. The maximum Gasteiger partial charge on any atom is 0.263 e. The van der Waals surface area contributed by atoms with Crippen LogP contribution in [0, 0.1) is 5.82 Å². The molecular formula is C17H23FN2O4S. The van der Waals surface area contributed by atoms with Gasteiger partial charge in [0, 0.05) is 19.0 Å². The van der Waals surface area contributed by atoms with Crippen LogP contribution in [0.15, 0.2) is 23.1 Å². The molecule has 2 aliphatic heterocycles. The van der Waals surface area contributed by atoms with Crippen molar-refractivity contribution in [2.75, 3.05) is 25.4 Å². The average molecular weight is 370 g/mol. The standard InChI is InChI=1S/C17H23FN2O4S/c1-2-25(22,23)13-3-4-15(14(18)11-13)24-16-7-10-20(17(16)21)12-5-8-19-9-6-12/h3-4,11-12,16,19H,2,5-10H2,1H3. The Morgan fingerprint density at radius 2 is 2.00 bits per heavy atom. The molecule has 0 spiro atoms. The van der Waals surface area contributed by atoms with E-state index in [1.165, 1.54) is 19.1 Å². The fraction of sp³-hybridized carbons (Fsp3) is 0.588. The molecule has 2 saturated heterocycles. The molecule has 8 heteroatoms. The van der Waals surface area contributed by atoms with Gasteiger partial charge in [0.2, 0.25) is 0 Å². The molecule has 6 nitrogen and oxygen atoms in total. The SMILES string of the molecule is CCS(=O)(=O)c1ccc(OC2CCN(C3CCNCC3)C2=O)c(F)c1. The lowest BCUT2D eigenvalue weighted by Gasteiger charge is -2.31. The van der Waals surface area contributed by atoms with Gasteiger partial charge in [0.25, 0.3) is 5.91 Å². The van der Waals surface area contributed by atoms with Crippen molar-refractivity contribution < 1.29 is 22.3 Å². The lowest BCUT2D eigenvalue weighted by Crippen LogP contribution is -2.45. The van der Waals surface area contributed by atoms with Crippen LogP contribution in [0.5, 0.6) is 5.75 Å². The van der Waals surface area contributed by atoms with Crippen molar-refractivity contribution >= 4 is 15.7 Å². The van der Waals surface area contributed by atoms with Gasteiger partial charge in [-0.2, -0.15) is 0 Å². The Kier molecular flexibility index (Phi) is 5.29. The first-order valence-corrected chi connectivity index (χ1v) is 10.3. The Hall–Kier alpha value is -1.67. The van der Waals surface area contributed by atoms with Gasteiger partial charge in [-0.05, 0) is 44.1 Å². The lowest BCUT2D eigenvalue weighted by atomic mass is 10.1. The number of hydrogen-bond acceptors (Lipinski definition) is 5. The third-order valence-electron chi connectivity index (χ3n) is 4.85. The molecule has 0 bridgehead atoms. The lowest BCUT2D eigenvalue weighted by molar-refractivity contribution is -0.135. The molecule has 1 atom stereocenters. The van der Waals surface area contributed by atoms with Crippen LogP contribution >= 0.6 is 0 Å². The van der Waals surface area contributed by atoms with Crippen molar-refractivity contribution in [3.63, 3.8) is 0 Å². The molecule has 2 heterocycles. The van der Waals surface area contributed by atoms with Gasteiger partial charge in [-0.25, -0.2) is 12.8 Å². The summed E-state index contributed by atoms with van der Waals surface area (Å²) in [5, 5.41) is 3.27. The number of halogens is 1. The van der Waals surface area contributed by atoms with E-state index in [1.54, 1.807) is 0 Å². The molecule has 2 aliphatic rings. The molecule has 25 heavy (non-hydrogen) atoms. The molecule has 0 aliphatic carbocycles. The molecule has 1 aromatic rings. The van der Waals surface area contributed by atoms with Gasteiger partial charge in [-0.1, -0.05) is 6.92 Å². The largest absolute Gasteiger partial charge is 0.477 e. The number of hydrogen-bond donors (Lipinski definition) is 1. The van der Waals surface area contributed by atoms with E-state index in [2.05, 4.69) is 5.32 Å². The van der Waals surface area contributed by atoms with E-state index >= 15 is 0 Å². The van der Waals surface area contributed by atoms with Crippen LogP contribution in [0.1, 0.15) is 26.2 Å². The fourth-order valence-electron chi connectivity index (χ4n) is 3.36. The van der Waals surface area contributed by atoms with Crippen LogP contribution < -0.4 is 10.1 Å². The Morgan fingerprint density at radius 3 is 2.64 bits per heavy atom. The molecule has 0 aromatic heterocycles. The molecule has 1 unspecified atom stereocenters. The van der Waals surface area contributed by atoms with Gasteiger partial charge in [0.15, 0.2) is 27.5 Å². The van der Waals surface area contributed by atoms with E-state index in [1.807, 2.05) is 4.90 Å². The molecular weight excluding hydrogens is 347 g/mol. The van der Waals surface area contributed by atoms with E-state index in [0.29, 0.717) is 13.0 Å². The number of amides is 1. The number of ether oxygens (including phenoxy) is 1. The number of nitrogens with one attached hydrogen (secondary N) is 1. The van der Waals surface area contributed by atoms with Crippen LogP contribution in [0.3, 0.4) is 0 Å². The highest BCUT2D eigenvalue weighted by Gasteiger charge is 2.38. The van der Waals surface area contributed by atoms with E-state index in [-0.39, 0.29) is 28.3 Å². The Balaban J connectivity index is 1.69. The molecule has 3 rings (SSSR count). The van der Waals surface area contributed by atoms with Crippen LogP contribution in [-0.2, 0) is 14.6 Å². The normalized spacial score (nSPS) is 22.4. The van der Waals surface area contributed by atoms with Crippen LogP contribution in [0.4, 0.5) is 4.39 Å². The monoisotopic (exact) mass is 370 g/mol. The highest BCUT2D eigenvalue weighted by Crippen LogP contribution is 2.27. The maximum absolute atomic E-state index is 14.2. The minimum Gasteiger partial charge on any atom is -0.477 e. The van der Waals surface area contributed by atoms with E-state index < -0.39 is 21.8 Å². The highest BCUT2D eigenvalue weighted by molar-refractivity contribution is 7.91. The Morgan fingerprint density at radius 1 is 1.28 bits per heavy atom. The van der Waals surface area contributed by atoms with E-state index in [9.17, 15) is 17.6 Å². The number of benzene rings is 1. The summed E-state index contributed by atoms with van der Waals surface area (Å²) in [5.41, 5.74) is 0. The van der Waals surface area contributed by atoms with Crippen LogP contribution in [0.25, 0.3) is 0 Å². The number of carbonyl (C=O) groups excluding carboxylic acids is 1. The van der Waals surface area contributed by atoms with Crippen molar-refractivity contribution in [2.24, 2.45) is 0 Å². The average Bonchev–Trinajstić information content (AvgIpc) is 2.98. The molecule has 138 valence electrons. The summed E-state index contributed by atoms with van der Waals surface area (Å²) in [6.07, 6.45) is 1.63. The predicted octanol–water partition coefficient (Wildman–Crippen LogP) is 1.35. The van der Waals surface area contributed by atoms with Gasteiger partial charge in [-0.3, -0.25) is 4.79 Å². The maximum atomic E-state index is 14.2. The summed E-state index contributed by atoms with van der Waals surface area (Å²) in [5.74, 6) is -1.06. The number of rotatable bonds is 5. The zero-order valence-corrected chi connectivity index (χ0v) is 15.0. The van der Waals surface area contributed by atoms with E-state index in [0.717, 1.165) is 32.0 Å².